The van der Waals surface area contributed by atoms with Crippen molar-refractivity contribution >= 4 is 110 Å². The first-order valence-electron chi connectivity index (χ1n) is 48.9. The van der Waals surface area contributed by atoms with E-state index >= 15 is 0 Å². The standard InChI is InChI=1S/C26H29N2O.C25H27N2O.C25H29N2O.C24H27N2O.C21H21N2O/c1-16-10-11-20-21-12-13-22(19-8-6-5-7-9-19)27-26(21)29-25(20)24(16)23-14-17(2)18(3)15-28(23)4;1-15-9-10-19-20-11-12-21(18-7-5-6-8-18)26-25(20)28-24(19)23(15)22-13-16(2)17(3)14-27(22)4;1-15-8-10-19-20-11-9-18(13-25(4,5)6)26-24(20)28-23(19)22(15)21-12-16(2)17(3)14-27(21)7;1-14-8-9-17-18-10-11-20(24(4,5)6)25-23(18)27-22(17)21(14)19-12-15(2)16(3)13-26(19)7;1-5-15-10-11-23(4)18(12-15)19-13(2)6-8-16-17-9-7-14(3)22-21(17)24-20(16)19/h10-15,19H,5-9H2,1-4H3;9-14,18H,5-8H2,1-4H3;8-12,14H,13H2,1-7H3;8-13H,1-7H3;6-12H,5H2,1-4H3/q5*+1. The fourth-order valence-corrected chi connectivity index (χ4v) is 20.6. The molecule has 0 unspecified atom stereocenters. The summed E-state index contributed by atoms with van der Waals surface area (Å²) in [5, 5.41) is 11.1. The molecule has 15 nitrogen and oxygen atoms in total. The zero-order valence-electron chi connectivity index (χ0n) is 84.8. The maximum Gasteiger partial charge on any atom is 0.227 e. The minimum Gasteiger partial charge on any atom is -0.437 e. The van der Waals surface area contributed by atoms with Crippen molar-refractivity contribution in [3.8, 4) is 56.3 Å². The molecule has 0 aliphatic heterocycles. The average Bonchev–Trinajstić information content (AvgIpc) is 1.62. The largest absolute Gasteiger partial charge is 0.437 e. The van der Waals surface area contributed by atoms with Crippen LogP contribution >= 0.6 is 0 Å². The molecule has 2 saturated carbocycles. The van der Waals surface area contributed by atoms with E-state index in [2.05, 4.69) is 384 Å². The van der Waals surface area contributed by atoms with Crippen LogP contribution in [0.5, 0.6) is 0 Å². The summed E-state index contributed by atoms with van der Waals surface area (Å²) < 4.78 is 42.7. The summed E-state index contributed by atoms with van der Waals surface area (Å²) in [7, 11) is 10.5. The Balaban J connectivity index is 0.000000113. The van der Waals surface area contributed by atoms with Gasteiger partial charge in [0.2, 0.25) is 57.0 Å². The molecule has 2 aliphatic rings. The van der Waals surface area contributed by atoms with Crippen LogP contribution in [-0.4, -0.2) is 24.9 Å². The molecule has 0 saturated heterocycles. The van der Waals surface area contributed by atoms with Crippen LogP contribution in [-0.2, 0) is 53.5 Å². The third-order valence-electron chi connectivity index (χ3n) is 29.0. The Labute approximate surface area is 800 Å². The van der Waals surface area contributed by atoms with Crippen molar-refractivity contribution < 1.29 is 44.9 Å². The lowest BCUT2D eigenvalue weighted by atomic mass is 9.86. The Morgan fingerprint density at radius 1 is 0.287 bits per heavy atom. The minimum absolute atomic E-state index is 0.00752. The highest BCUT2D eigenvalue weighted by Gasteiger charge is 2.32. The Bertz CT molecular complexity index is 8120. The number of fused-ring (bicyclic) bond motifs is 15. The molecule has 0 radical (unpaired) electrons. The molecule has 5 aromatic carbocycles. The Morgan fingerprint density at radius 2 is 0.581 bits per heavy atom. The van der Waals surface area contributed by atoms with E-state index in [9.17, 15) is 0 Å². The highest BCUT2D eigenvalue weighted by molar-refractivity contribution is 6.13. The topological polar surface area (TPSA) is 150 Å². The number of hydrogen-bond acceptors (Lipinski definition) is 10. The zero-order valence-corrected chi connectivity index (χ0v) is 84.8. The van der Waals surface area contributed by atoms with Crippen molar-refractivity contribution in [2.45, 2.75) is 233 Å². The first kappa shape index (κ1) is 93.0. The summed E-state index contributed by atoms with van der Waals surface area (Å²) >= 11 is 0. The second kappa shape index (κ2) is 37.0. The molecular formula is C121H133N10O5+5. The van der Waals surface area contributed by atoms with Gasteiger partial charge in [-0.25, -0.2) is 47.8 Å². The number of furan rings is 5. The third-order valence-corrected chi connectivity index (χ3v) is 29.0. The maximum atomic E-state index is 6.45. The normalized spacial score (nSPS) is 13.4. The number of aryl methyl sites for hydroxylation is 20. The molecule has 0 bridgehead atoms. The van der Waals surface area contributed by atoms with E-state index in [0.29, 0.717) is 17.5 Å². The molecule has 15 aromatic heterocycles. The van der Waals surface area contributed by atoms with E-state index in [1.807, 2.05) is 13.0 Å². The van der Waals surface area contributed by atoms with Crippen molar-refractivity contribution in [1.29, 1.82) is 0 Å². The summed E-state index contributed by atoms with van der Waals surface area (Å²) in [6.45, 7) is 45.4. The second-order valence-electron chi connectivity index (χ2n) is 41.6. The number of nitrogens with zero attached hydrogens (tertiary/aromatic N) is 10. The van der Waals surface area contributed by atoms with Gasteiger partial charge in [-0.3, -0.25) is 0 Å². The predicted octanol–water partition coefficient (Wildman–Crippen LogP) is 28.8. The van der Waals surface area contributed by atoms with Gasteiger partial charge in [-0.1, -0.05) is 141 Å². The van der Waals surface area contributed by atoms with E-state index in [1.165, 1.54) is 181 Å². The highest BCUT2D eigenvalue weighted by Crippen LogP contribution is 2.46. The first-order valence-corrected chi connectivity index (χ1v) is 48.9. The van der Waals surface area contributed by atoms with Gasteiger partial charge in [0.05, 0.1) is 27.8 Å². The quantitative estimate of drug-likeness (QED) is 0.128. The van der Waals surface area contributed by atoms with Crippen LogP contribution in [0.15, 0.2) is 211 Å². The van der Waals surface area contributed by atoms with Crippen molar-refractivity contribution in [1.82, 2.24) is 24.9 Å². The van der Waals surface area contributed by atoms with Crippen molar-refractivity contribution in [2.24, 2.45) is 40.7 Å². The van der Waals surface area contributed by atoms with Gasteiger partial charge >= 0.3 is 0 Å². The molecule has 22 rings (SSSR count). The molecule has 15 heteroatoms. The van der Waals surface area contributed by atoms with Gasteiger partial charge in [-0.15, -0.1) is 0 Å². The summed E-state index contributed by atoms with van der Waals surface area (Å²) in [6.07, 6.45) is 24.5. The van der Waals surface area contributed by atoms with Gasteiger partial charge in [0.25, 0.3) is 0 Å². The van der Waals surface area contributed by atoms with E-state index in [-0.39, 0.29) is 10.8 Å². The van der Waals surface area contributed by atoms with E-state index in [1.54, 1.807) is 0 Å². The monoisotopic (exact) mass is 1810 g/mol. The Hall–Kier alpha value is -13.4. The molecule has 0 N–H and O–H groups in total. The zero-order chi connectivity index (χ0) is 96.1. The summed E-state index contributed by atoms with van der Waals surface area (Å²) in [6, 6.07) is 56.8. The molecule has 20 aromatic rings. The molecule has 2 fully saturated rings. The van der Waals surface area contributed by atoms with E-state index in [0.717, 1.165) is 157 Å². The van der Waals surface area contributed by atoms with Gasteiger partial charge in [0.1, 0.15) is 35.2 Å². The van der Waals surface area contributed by atoms with Crippen LogP contribution in [0.1, 0.15) is 224 Å². The van der Waals surface area contributed by atoms with Gasteiger partial charge in [-0.2, -0.15) is 0 Å². The fourth-order valence-electron chi connectivity index (χ4n) is 20.6. The van der Waals surface area contributed by atoms with Crippen molar-refractivity contribution in [3.05, 3.63) is 295 Å². The number of pyridine rings is 10. The average molecular weight is 1810 g/mol. The Kier molecular flexibility index (Phi) is 25.3. The fraction of sp³-hybridized carbons (Fsp3) is 0.339. The van der Waals surface area contributed by atoms with Crippen LogP contribution in [0, 0.1) is 102 Å². The number of rotatable bonds is 9. The second-order valence-corrected chi connectivity index (χ2v) is 41.6. The van der Waals surface area contributed by atoms with Crippen LogP contribution in [0.2, 0.25) is 0 Å². The van der Waals surface area contributed by atoms with Crippen LogP contribution in [0.3, 0.4) is 0 Å². The molecule has 692 valence electrons. The van der Waals surface area contributed by atoms with Crippen LogP contribution < -0.4 is 22.8 Å². The summed E-state index contributed by atoms with van der Waals surface area (Å²) in [5.41, 5.74) is 43.4. The lowest BCUT2D eigenvalue weighted by molar-refractivity contribution is -0.660. The van der Waals surface area contributed by atoms with Crippen LogP contribution in [0.25, 0.3) is 167 Å². The summed E-state index contributed by atoms with van der Waals surface area (Å²) in [4.78, 5) is 24.2. The number of aromatic nitrogens is 10. The Morgan fingerprint density at radius 3 is 0.919 bits per heavy atom. The minimum atomic E-state index is -0.00752. The lowest BCUT2D eigenvalue weighted by Crippen LogP contribution is -2.31. The molecule has 0 amide bonds. The maximum absolute atomic E-state index is 6.45. The molecule has 15 heterocycles. The third kappa shape index (κ3) is 18.0. The summed E-state index contributed by atoms with van der Waals surface area (Å²) in [5.74, 6) is 1.18. The molecule has 0 atom stereocenters. The lowest BCUT2D eigenvalue weighted by Gasteiger charge is -2.20. The van der Waals surface area contributed by atoms with E-state index < -0.39 is 0 Å². The molecule has 136 heavy (non-hydrogen) atoms. The van der Waals surface area contributed by atoms with Gasteiger partial charge in [0.15, 0.2) is 58.9 Å². The van der Waals surface area contributed by atoms with E-state index in [4.69, 9.17) is 42.0 Å². The number of benzene rings is 5. The first-order chi connectivity index (χ1) is 64.9. The number of hydrogen-bond donors (Lipinski definition) is 0. The highest BCUT2D eigenvalue weighted by atomic mass is 16.4. The molecule has 2 aliphatic carbocycles. The SMILES string of the molecule is CCc1cc[n+](C)c(-c2c(C)ccc3c2oc2nc(C)ccc23)c1.Cc1cc(-c2c(C)ccc3c2oc2nc(C(C)(C)C)ccc23)[n+](C)cc1C.Cc1cc(-c2c(C)ccc3c2oc2nc(C4CCCC4)ccc23)[n+](C)cc1C.Cc1cc(-c2c(C)ccc3c2oc2nc(C4CCCCC4)ccc23)[n+](C)cc1C.Cc1cc(-c2c(C)ccc3c2oc2nc(CC(C)(C)C)ccc23)[n+](C)cc1C. The molecule has 0 spiro atoms. The van der Waals surface area contributed by atoms with Gasteiger partial charge < -0.3 is 22.1 Å². The smallest absolute Gasteiger partial charge is 0.227 e. The van der Waals surface area contributed by atoms with Crippen molar-refractivity contribution in [3.63, 3.8) is 0 Å². The van der Waals surface area contributed by atoms with Crippen molar-refractivity contribution in [2.75, 3.05) is 0 Å². The van der Waals surface area contributed by atoms with Gasteiger partial charge in [-0.05, 0) is 257 Å². The molecular weight excluding hydrogens is 1670 g/mol. The predicted molar refractivity (Wildman–Crippen MR) is 555 cm³/mol. The van der Waals surface area contributed by atoms with Crippen LogP contribution in [0.4, 0.5) is 0 Å². The van der Waals surface area contributed by atoms with Gasteiger partial charge in [0, 0.05) is 158 Å².